The van der Waals surface area contributed by atoms with Crippen molar-refractivity contribution in [1.82, 2.24) is 21.3 Å². The maximum absolute atomic E-state index is 11.5. The van der Waals surface area contributed by atoms with Crippen molar-refractivity contribution in [2.45, 2.75) is 46.1 Å². The summed E-state index contributed by atoms with van der Waals surface area (Å²) in [6, 6.07) is 0. The maximum atomic E-state index is 11.5. The molecule has 8 nitrogen and oxygen atoms in total. The second kappa shape index (κ2) is 12.2. The van der Waals surface area contributed by atoms with Crippen LogP contribution in [0.2, 0.25) is 0 Å². The quantitative estimate of drug-likeness (QED) is 0.185. The highest BCUT2D eigenvalue weighted by molar-refractivity contribution is 14.0. The highest BCUT2D eigenvalue weighted by Gasteiger charge is 2.28. The molecule has 0 bridgehead atoms. The molecule has 0 unspecified atom stereocenters. The Labute approximate surface area is 167 Å². The fraction of sp³-hybridized carbons (Fsp3) is 0.812. The van der Waals surface area contributed by atoms with E-state index >= 15 is 0 Å². The van der Waals surface area contributed by atoms with Crippen molar-refractivity contribution in [3.05, 3.63) is 0 Å². The van der Waals surface area contributed by atoms with Crippen LogP contribution in [0.3, 0.4) is 0 Å². The first-order chi connectivity index (χ1) is 11.3. The normalized spacial score (nSPS) is 14.2. The van der Waals surface area contributed by atoms with E-state index in [9.17, 15) is 9.59 Å². The zero-order valence-corrected chi connectivity index (χ0v) is 17.9. The predicted octanol–water partition coefficient (Wildman–Crippen LogP) is 1.21. The smallest absolute Gasteiger partial charge is 0.407 e. The van der Waals surface area contributed by atoms with Crippen LogP contribution in [-0.4, -0.2) is 56.3 Å². The number of hydrogen-bond acceptors (Lipinski definition) is 4. The highest BCUT2D eigenvalue weighted by Crippen LogP contribution is 2.28. The molecular formula is C16H32IN5O3. The minimum atomic E-state index is -0.501. The lowest BCUT2D eigenvalue weighted by Gasteiger charge is -2.19. The Morgan fingerprint density at radius 3 is 2.24 bits per heavy atom. The molecule has 0 heterocycles. The summed E-state index contributed by atoms with van der Waals surface area (Å²) < 4.78 is 5.15. The Balaban J connectivity index is 0.00000576. The summed E-state index contributed by atoms with van der Waals surface area (Å²) in [7, 11) is 0. The van der Waals surface area contributed by atoms with E-state index in [0.717, 1.165) is 19.4 Å². The average Bonchev–Trinajstić information content (AvgIpc) is 3.30. The molecule has 0 radical (unpaired) electrons. The summed E-state index contributed by atoms with van der Waals surface area (Å²) >= 11 is 0. The molecule has 1 aliphatic carbocycles. The van der Waals surface area contributed by atoms with Crippen molar-refractivity contribution >= 4 is 41.9 Å². The van der Waals surface area contributed by atoms with Crippen molar-refractivity contribution in [3.8, 4) is 0 Å². The molecule has 0 spiro atoms. The Morgan fingerprint density at radius 1 is 1.04 bits per heavy atom. The molecule has 146 valence electrons. The van der Waals surface area contributed by atoms with Crippen LogP contribution in [0.4, 0.5) is 4.79 Å². The van der Waals surface area contributed by atoms with Crippen LogP contribution in [0.1, 0.15) is 40.5 Å². The fourth-order valence-electron chi connectivity index (χ4n) is 1.84. The number of carbonyl (C=O) groups excluding carboxylic acids is 2. The van der Waals surface area contributed by atoms with Gasteiger partial charge in [-0.2, -0.15) is 0 Å². The molecule has 0 aromatic rings. The van der Waals surface area contributed by atoms with Crippen LogP contribution in [-0.2, 0) is 9.53 Å². The van der Waals surface area contributed by atoms with Crippen molar-refractivity contribution in [1.29, 1.82) is 0 Å². The predicted molar refractivity (Wildman–Crippen MR) is 109 cm³/mol. The van der Waals surface area contributed by atoms with Crippen LogP contribution >= 0.6 is 24.0 Å². The second-order valence-corrected chi connectivity index (χ2v) is 6.68. The molecule has 0 aromatic heterocycles. The first-order valence-electron chi connectivity index (χ1n) is 8.58. The molecule has 4 N–H and O–H groups in total. The van der Waals surface area contributed by atoms with Crippen LogP contribution in [0.15, 0.2) is 4.99 Å². The summed E-state index contributed by atoms with van der Waals surface area (Å²) in [6.45, 7) is 10.2. The average molecular weight is 469 g/mol. The van der Waals surface area contributed by atoms with Gasteiger partial charge in [-0.3, -0.25) is 9.79 Å². The van der Waals surface area contributed by atoms with Gasteiger partial charge in [0, 0.05) is 32.1 Å². The Bertz CT molecular complexity index is 448. The van der Waals surface area contributed by atoms with Crippen LogP contribution in [0, 0.1) is 5.92 Å². The zero-order valence-electron chi connectivity index (χ0n) is 15.6. The van der Waals surface area contributed by atoms with Gasteiger partial charge in [0.25, 0.3) is 0 Å². The number of carbonyl (C=O) groups is 2. The third-order valence-electron chi connectivity index (χ3n) is 3.06. The Hall–Kier alpha value is -1.26. The van der Waals surface area contributed by atoms with E-state index in [0.29, 0.717) is 32.1 Å². The number of rotatable bonds is 8. The number of guanidine groups is 1. The van der Waals surface area contributed by atoms with Gasteiger partial charge in [-0.1, -0.05) is 0 Å². The van der Waals surface area contributed by atoms with Crippen LogP contribution in [0.25, 0.3) is 0 Å². The van der Waals surface area contributed by atoms with Crippen molar-refractivity contribution in [2.24, 2.45) is 10.9 Å². The van der Waals surface area contributed by atoms with E-state index in [1.54, 1.807) is 0 Å². The first kappa shape index (κ1) is 23.7. The number of aliphatic imine (C=N–C) groups is 1. The molecule has 25 heavy (non-hydrogen) atoms. The summed E-state index contributed by atoms with van der Waals surface area (Å²) in [5.74, 6) is 1.01. The van der Waals surface area contributed by atoms with E-state index in [1.165, 1.54) is 0 Å². The number of halogens is 1. The van der Waals surface area contributed by atoms with Gasteiger partial charge < -0.3 is 26.0 Å². The topological polar surface area (TPSA) is 104 Å². The fourth-order valence-corrected chi connectivity index (χ4v) is 1.84. The molecule has 0 saturated heterocycles. The van der Waals surface area contributed by atoms with Crippen LogP contribution < -0.4 is 21.3 Å². The third-order valence-corrected chi connectivity index (χ3v) is 3.06. The Kier molecular flexibility index (Phi) is 11.5. The number of ether oxygens (including phenoxy) is 1. The van der Waals surface area contributed by atoms with Gasteiger partial charge in [0.15, 0.2) is 5.96 Å². The van der Waals surface area contributed by atoms with E-state index in [2.05, 4.69) is 26.3 Å². The van der Waals surface area contributed by atoms with Gasteiger partial charge in [0.05, 0.1) is 6.54 Å². The summed E-state index contributed by atoms with van der Waals surface area (Å²) in [5.41, 5.74) is -0.501. The van der Waals surface area contributed by atoms with Gasteiger partial charge in [-0.25, -0.2) is 4.79 Å². The lowest BCUT2D eigenvalue weighted by molar-refractivity contribution is -0.122. The molecule has 0 aromatic carbocycles. The lowest BCUT2D eigenvalue weighted by Crippen LogP contribution is -2.42. The van der Waals surface area contributed by atoms with E-state index in [1.807, 2.05) is 27.7 Å². The highest BCUT2D eigenvalue weighted by atomic mass is 127. The molecule has 1 rings (SSSR count). The first-order valence-corrected chi connectivity index (χ1v) is 8.58. The van der Waals surface area contributed by atoms with Crippen LogP contribution in [0.5, 0.6) is 0 Å². The molecule has 0 atom stereocenters. The number of amides is 2. The molecule has 1 aliphatic rings. The molecule has 1 saturated carbocycles. The van der Waals surface area contributed by atoms with Gasteiger partial charge in [-0.05, 0) is 40.5 Å². The number of alkyl carbamates (subject to hydrolysis) is 1. The number of hydrogen-bond donors (Lipinski definition) is 4. The van der Waals surface area contributed by atoms with Gasteiger partial charge in [-0.15, -0.1) is 24.0 Å². The van der Waals surface area contributed by atoms with Crippen molar-refractivity contribution in [3.63, 3.8) is 0 Å². The SMILES string of the molecule is CCNC(=NCCNC(=O)C1CC1)NCCNC(=O)OC(C)(C)C.I. The van der Waals surface area contributed by atoms with E-state index < -0.39 is 11.7 Å². The summed E-state index contributed by atoms with van der Waals surface area (Å²) in [6.07, 6.45) is 1.57. The monoisotopic (exact) mass is 469 g/mol. The number of nitrogens with zero attached hydrogens (tertiary/aromatic N) is 1. The largest absolute Gasteiger partial charge is 0.444 e. The van der Waals surface area contributed by atoms with Gasteiger partial charge in [0.2, 0.25) is 5.91 Å². The van der Waals surface area contributed by atoms with E-state index in [-0.39, 0.29) is 35.8 Å². The zero-order chi connectivity index (χ0) is 18.0. The second-order valence-electron chi connectivity index (χ2n) is 6.68. The standard InChI is InChI=1S/C16H31N5O3.HI/c1-5-17-14(19-9-8-18-13(22)12-6-7-12)20-10-11-21-15(23)24-16(2,3)4;/h12H,5-11H2,1-4H3,(H,18,22)(H,21,23)(H2,17,19,20);1H. The van der Waals surface area contributed by atoms with E-state index in [4.69, 9.17) is 4.74 Å². The molecule has 9 heteroatoms. The molecule has 1 fully saturated rings. The van der Waals surface area contributed by atoms with Crippen molar-refractivity contribution in [2.75, 3.05) is 32.7 Å². The third kappa shape index (κ3) is 12.7. The molecular weight excluding hydrogens is 437 g/mol. The summed E-state index contributed by atoms with van der Waals surface area (Å²) in [5, 5.41) is 11.8. The van der Waals surface area contributed by atoms with Gasteiger partial charge in [0.1, 0.15) is 5.60 Å². The lowest BCUT2D eigenvalue weighted by atomic mass is 10.2. The Morgan fingerprint density at radius 2 is 1.68 bits per heavy atom. The minimum Gasteiger partial charge on any atom is -0.444 e. The summed E-state index contributed by atoms with van der Waals surface area (Å²) in [4.78, 5) is 27.4. The maximum Gasteiger partial charge on any atom is 0.407 e. The number of nitrogens with one attached hydrogen (secondary N) is 4. The molecule has 0 aliphatic heterocycles. The van der Waals surface area contributed by atoms with Crippen molar-refractivity contribution < 1.29 is 14.3 Å². The minimum absolute atomic E-state index is 0. The molecule has 2 amide bonds. The van der Waals surface area contributed by atoms with Gasteiger partial charge >= 0.3 is 6.09 Å².